The number of nitrogens with two attached hydrogens (primary N) is 1. The van der Waals surface area contributed by atoms with Crippen molar-refractivity contribution in [2.24, 2.45) is 5.73 Å². The first kappa shape index (κ1) is 23.0. The molecule has 2 atom stereocenters. The molecule has 3 heterocycles. The molecule has 5 N–H and O–H groups in total. The summed E-state index contributed by atoms with van der Waals surface area (Å²) in [5.74, 6) is -0.622. The highest BCUT2D eigenvalue weighted by atomic mass is 79.9. The van der Waals surface area contributed by atoms with E-state index in [1.54, 1.807) is 37.5 Å². The maximum atomic E-state index is 12.6. The predicted octanol–water partition coefficient (Wildman–Crippen LogP) is 1.94. The lowest BCUT2D eigenvalue weighted by Gasteiger charge is -2.34. The second-order valence-electron chi connectivity index (χ2n) is 7.64. The number of aromatic nitrogens is 1. The Labute approximate surface area is 189 Å². The number of amides is 2. The fourth-order valence-electron chi connectivity index (χ4n) is 3.43. The summed E-state index contributed by atoms with van der Waals surface area (Å²) in [6.07, 6.45) is 6.91. The highest BCUT2D eigenvalue weighted by Crippen LogP contribution is 2.20. The Kier molecular flexibility index (Phi) is 7.47. The third-order valence-electron chi connectivity index (χ3n) is 4.79. The molecule has 1 fully saturated rings. The molecule has 0 spiro atoms. The van der Waals surface area contributed by atoms with Crippen molar-refractivity contribution in [1.82, 2.24) is 15.2 Å². The molecule has 2 unspecified atom stereocenters. The minimum Gasteiger partial charge on any atom is -0.393 e. The van der Waals surface area contributed by atoms with Crippen molar-refractivity contribution in [1.29, 1.82) is 0 Å². The van der Waals surface area contributed by atoms with Crippen LogP contribution in [0.5, 0.6) is 0 Å². The maximum Gasteiger partial charge on any atom is 0.273 e. The second-order valence-corrected chi connectivity index (χ2v) is 8.56. The monoisotopic (exact) mass is 490 g/mol. The third kappa shape index (κ3) is 6.39. The van der Waals surface area contributed by atoms with Gasteiger partial charge in [-0.05, 0) is 54.9 Å². The smallest absolute Gasteiger partial charge is 0.273 e. The molecule has 1 aromatic heterocycles. The third-order valence-corrected chi connectivity index (χ3v) is 5.28. The summed E-state index contributed by atoms with van der Waals surface area (Å²) in [6, 6.07) is 1.67. The van der Waals surface area contributed by atoms with Gasteiger partial charge in [0, 0.05) is 23.8 Å². The highest BCUT2D eigenvalue weighted by molar-refractivity contribution is 9.11. The summed E-state index contributed by atoms with van der Waals surface area (Å²) in [5.41, 5.74) is 8.08. The fraction of sp³-hybridized carbons (Fsp3) is 0.381. The van der Waals surface area contributed by atoms with Crippen LogP contribution in [0.15, 0.2) is 46.5 Å². The van der Waals surface area contributed by atoms with Gasteiger partial charge in [-0.25, -0.2) is 0 Å². The Morgan fingerprint density at radius 3 is 2.65 bits per heavy atom. The Bertz CT molecular complexity index is 948. The lowest BCUT2D eigenvalue weighted by atomic mass is 10.2. The van der Waals surface area contributed by atoms with E-state index in [1.807, 2.05) is 13.8 Å². The first-order chi connectivity index (χ1) is 14.7. The molecule has 10 heteroatoms. The minimum absolute atomic E-state index is 0.0388. The number of halogens is 1. The molecule has 0 bridgehead atoms. The fourth-order valence-corrected chi connectivity index (χ4v) is 3.68. The van der Waals surface area contributed by atoms with Gasteiger partial charge in [-0.1, -0.05) is 0 Å². The van der Waals surface area contributed by atoms with E-state index < -0.39 is 5.91 Å². The molecule has 2 amide bonds. The summed E-state index contributed by atoms with van der Waals surface area (Å²) in [6.45, 7) is 7.41. The highest BCUT2D eigenvalue weighted by Gasteiger charge is 2.24. The van der Waals surface area contributed by atoms with E-state index in [2.05, 4.69) is 41.8 Å². The van der Waals surface area contributed by atoms with Gasteiger partial charge in [0.2, 0.25) is 5.91 Å². The molecule has 166 valence electrons. The van der Waals surface area contributed by atoms with Crippen LogP contribution in [0, 0.1) is 6.92 Å². The van der Waals surface area contributed by atoms with E-state index in [0.717, 1.165) is 4.48 Å². The number of aryl methyl sites for hydroxylation is 1. The van der Waals surface area contributed by atoms with Crippen LogP contribution in [-0.2, 0) is 14.3 Å². The SMILES string of the molecule is Cc1ncc(NC(=O)CN2CC(C)OC(C)C2)cc1NC(=O)/C(N)=C1\C=CC(Br)=CN1. The van der Waals surface area contributed by atoms with E-state index in [-0.39, 0.29) is 30.4 Å². The first-order valence-corrected chi connectivity index (χ1v) is 10.8. The average Bonchev–Trinajstić information content (AvgIpc) is 2.69. The van der Waals surface area contributed by atoms with Crippen molar-refractivity contribution in [2.75, 3.05) is 30.3 Å². The molecule has 9 nitrogen and oxygen atoms in total. The molecular weight excluding hydrogens is 464 g/mol. The van der Waals surface area contributed by atoms with E-state index in [4.69, 9.17) is 10.5 Å². The normalized spacial score (nSPS) is 22.9. The largest absolute Gasteiger partial charge is 0.393 e. The Balaban J connectivity index is 1.63. The van der Waals surface area contributed by atoms with Crippen LogP contribution in [0.1, 0.15) is 19.5 Å². The molecule has 1 saturated heterocycles. The summed E-state index contributed by atoms with van der Waals surface area (Å²) < 4.78 is 6.54. The minimum atomic E-state index is -0.469. The first-order valence-electron chi connectivity index (χ1n) is 9.97. The van der Waals surface area contributed by atoms with Gasteiger partial charge < -0.3 is 26.4 Å². The number of pyridine rings is 1. The number of rotatable bonds is 5. The lowest BCUT2D eigenvalue weighted by Crippen LogP contribution is -2.48. The maximum absolute atomic E-state index is 12.6. The van der Waals surface area contributed by atoms with E-state index >= 15 is 0 Å². The van der Waals surface area contributed by atoms with Gasteiger partial charge in [0.25, 0.3) is 5.91 Å². The number of carbonyl (C=O) groups excluding carboxylic acids is 2. The van der Waals surface area contributed by atoms with Gasteiger partial charge in [-0.15, -0.1) is 0 Å². The van der Waals surface area contributed by atoms with Crippen LogP contribution in [0.2, 0.25) is 0 Å². The van der Waals surface area contributed by atoms with Gasteiger partial charge >= 0.3 is 0 Å². The molecule has 0 saturated carbocycles. The number of hydrogen-bond donors (Lipinski definition) is 4. The van der Waals surface area contributed by atoms with Crippen molar-refractivity contribution in [3.05, 3.63) is 52.2 Å². The van der Waals surface area contributed by atoms with Crippen molar-refractivity contribution < 1.29 is 14.3 Å². The van der Waals surface area contributed by atoms with Gasteiger partial charge in [0.1, 0.15) is 5.70 Å². The zero-order valence-corrected chi connectivity index (χ0v) is 19.3. The molecule has 0 aliphatic carbocycles. The van der Waals surface area contributed by atoms with Crippen LogP contribution in [-0.4, -0.2) is 53.5 Å². The van der Waals surface area contributed by atoms with Crippen molar-refractivity contribution >= 4 is 39.1 Å². The number of nitrogens with one attached hydrogen (secondary N) is 3. The Morgan fingerprint density at radius 1 is 1.29 bits per heavy atom. The van der Waals surface area contributed by atoms with Gasteiger partial charge in [0.05, 0.1) is 47.7 Å². The van der Waals surface area contributed by atoms with Crippen molar-refractivity contribution in [2.45, 2.75) is 33.0 Å². The molecule has 3 rings (SSSR count). The van der Waals surface area contributed by atoms with Crippen LogP contribution in [0.4, 0.5) is 11.4 Å². The number of ether oxygens (including phenoxy) is 1. The molecule has 0 aromatic carbocycles. The topological polar surface area (TPSA) is 122 Å². The zero-order valence-electron chi connectivity index (χ0n) is 17.7. The van der Waals surface area contributed by atoms with Gasteiger partial charge in [-0.2, -0.15) is 0 Å². The lowest BCUT2D eigenvalue weighted by molar-refractivity contribution is -0.121. The predicted molar refractivity (Wildman–Crippen MR) is 123 cm³/mol. The Morgan fingerprint density at radius 2 is 2.00 bits per heavy atom. The summed E-state index contributed by atoms with van der Waals surface area (Å²) in [7, 11) is 0. The number of carbonyl (C=O) groups is 2. The summed E-state index contributed by atoms with van der Waals surface area (Å²) >= 11 is 3.33. The average molecular weight is 491 g/mol. The molecule has 0 radical (unpaired) electrons. The summed E-state index contributed by atoms with van der Waals surface area (Å²) in [4.78, 5) is 31.4. The number of nitrogens with zero attached hydrogens (tertiary/aromatic N) is 2. The van der Waals surface area contributed by atoms with Gasteiger partial charge in [-0.3, -0.25) is 19.5 Å². The van der Waals surface area contributed by atoms with Crippen LogP contribution < -0.4 is 21.7 Å². The van der Waals surface area contributed by atoms with Gasteiger partial charge in [0.15, 0.2) is 0 Å². The molecule has 1 aromatic rings. The standard InChI is InChI=1S/C21H27BrN6O3/c1-12-9-28(10-13(2)31-12)11-19(29)26-16-6-18(14(3)24-8-16)27-21(30)20(23)17-5-4-15(22)7-25-17/h4-8,12-13,25H,9-11,23H2,1-3H3,(H,26,29)(H,27,30)/b20-17-. The van der Waals surface area contributed by atoms with Crippen molar-refractivity contribution in [3.63, 3.8) is 0 Å². The van der Waals surface area contributed by atoms with Crippen LogP contribution in [0.25, 0.3) is 0 Å². The summed E-state index contributed by atoms with van der Waals surface area (Å²) in [5, 5.41) is 8.54. The number of hydrogen-bond acceptors (Lipinski definition) is 7. The number of allylic oxidation sites excluding steroid dienone is 3. The number of anilines is 2. The van der Waals surface area contributed by atoms with E-state index in [1.165, 1.54) is 0 Å². The number of morpholine rings is 1. The van der Waals surface area contributed by atoms with E-state index in [9.17, 15) is 9.59 Å². The molecule has 31 heavy (non-hydrogen) atoms. The quantitative estimate of drug-likeness (QED) is 0.465. The van der Waals surface area contributed by atoms with Crippen molar-refractivity contribution in [3.8, 4) is 0 Å². The van der Waals surface area contributed by atoms with Crippen LogP contribution in [0.3, 0.4) is 0 Å². The van der Waals surface area contributed by atoms with E-state index in [0.29, 0.717) is 35.9 Å². The van der Waals surface area contributed by atoms with Crippen LogP contribution >= 0.6 is 15.9 Å². The zero-order chi connectivity index (χ0) is 22.5. The molecular formula is C21H27BrN6O3. The second kappa shape index (κ2) is 10.1. The molecule has 2 aliphatic heterocycles. The number of dihydropyridines is 1. The molecule has 2 aliphatic rings. The Hall–Kier alpha value is -2.69.